The Morgan fingerprint density at radius 3 is 2.58 bits per heavy atom. The van der Waals surface area contributed by atoms with Gasteiger partial charge in [-0.05, 0) is 51.5 Å². The highest BCUT2D eigenvalue weighted by Gasteiger charge is 2.25. The van der Waals surface area contributed by atoms with Crippen molar-refractivity contribution in [2.75, 3.05) is 20.2 Å². The van der Waals surface area contributed by atoms with Crippen molar-refractivity contribution in [3.63, 3.8) is 0 Å². The maximum Gasteiger partial charge on any atom is 0.229 e. The molecule has 5 nitrogen and oxygen atoms in total. The summed E-state index contributed by atoms with van der Waals surface area (Å²) < 4.78 is 23.5. The number of ether oxygens (including phenoxy) is 1. The summed E-state index contributed by atoms with van der Waals surface area (Å²) in [6.07, 6.45) is 0.688. The predicted molar refractivity (Wildman–Crippen MR) is 88.5 cm³/mol. The Morgan fingerprint density at radius 2 is 2.00 bits per heavy atom. The summed E-state index contributed by atoms with van der Waals surface area (Å²) >= 11 is 0. The monoisotopic (exact) mass is 334 g/mol. The van der Waals surface area contributed by atoms with Gasteiger partial charge in [0.2, 0.25) is 5.91 Å². The maximum atomic E-state index is 12.8. The first-order valence-electron chi connectivity index (χ1n) is 7.96. The molecule has 24 heavy (non-hydrogen) atoms. The minimum Gasteiger partial charge on any atom is -0.494 e. The highest BCUT2D eigenvalue weighted by Crippen LogP contribution is 2.24. The first-order valence-corrected chi connectivity index (χ1v) is 7.96. The number of aromatic nitrogens is 1. The highest BCUT2D eigenvalue weighted by atomic mass is 19.1. The number of amides is 1. The van der Waals surface area contributed by atoms with E-state index in [0.29, 0.717) is 31.1 Å². The zero-order valence-corrected chi connectivity index (χ0v) is 14.5. The zero-order chi connectivity index (χ0) is 17.7. The summed E-state index contributed by atoms with van der Waals surface area (Å²) in [7, 11) is 1.77. The number of hydrogen-bond acceptors (Lipinski definition) is 4. The van der Waals surface area contributed by atoms with Crippen LogP contribution in [0, 0.1) is 19.7 Å². The molecular formula is C18H23FN2O3. The first-order chi connectivity index (χ1) is 11.4. The fraction of sp³-hybridized carbons (Fsp3) is 0.444. The van der Waals surface area contributed by atoms with Gasteiger partial charge in [0, 0.05) is 19.2 Å². The van der Waals surface area contributed by atoms with Crippen molar-refractivity contribution < 1.29 is 18.4 Å². The number of carbonyl (C=O) groups excluding carboxylic acids is 1. The molecule has 1 atom stereocenters. The summed E-state index contributed by atoms with van der Waals surface area (Å²) in [6, 6.07) is 5.89. The Hall–Kier alpha value is -2.37. The SMILES string of the molecule is Cc1noc(C)c1[C@H](C)C(=O)N(C)CCCOc1ccc(F)cc1. The van der Waals surface area contributed by atoms with Gasteiger partial charge in [0.15, 0.2) is 0 Å². The van der Waals surface area contributed by atoms with Crippen LogP contribution in [0.25, 0.3) is 0 Å². The van der Waals surface area contributed by atoms with Gasteiger partial charge < -0.3 is 14.2 Å². The lowest BCUT2D eigenvalue weighted by Crippen LogP contribution is -2.32. The molecule has 2 rings (SSSR count). The molecule has 0 aliphatic rings. The van der Waals surface area contributed by atoms with Crippen molar-refractivity contribution in [1.29, 1.82) is 0 Å². The number of rotatable bonds is 7. The van der Waals surface area contributed by atoms with Crippen LogP contribution in [-0.2, 0) is 4.79 Å². The molecule has 0 unspecified atom stereocenters. The van der Waals surface area contributed by atoms with E-state index in [9.17, 15) is 9.18 Å². The summed E-state index contributed by atoms with van der Waals surface area (Å²) in [5, 5.41) is 3.90. The van der Waals surface area contributed by atoms with E-state index in [-0.39, 0.29) is 17.6 Å². The number of likely N-dealkylation sites (N-methyl/N-ethyl adjacent to an activating group) is 1. The molecule has 0 N–H and O–H groups in total. The lowest BCUT2D eigenvalue weighted by atomic mass is 9.98. The van der Waals surface area contributed by atoms with Crippen LogP contribution in [0.1, 0.15) is 36.3 Å². The van der Waals surface area contributed by atoms with Crippen molar-refractivity contribution in [2.45, 2.75) is 33.1 Å². The molecule has 1 aromatic heterocycles. The number of halogens is 1. The van der Waals surface area contributed by atoms with Crippen molar-refractivity contribution in [3.05, 3.63) is 47.1 Å². The third-order valence-corrected chi connectivity index (χ3v) is 3.99. The van der Waals surface area contributed by atoms with Gasteiger partial charge in [0.1, 0.15) is 17.3 Å². The van der Waals surface area contributed by atoms with Gasteiger partial charge in [-0.2, -0.15) is 0 Å². The zero-order valence-electron chi connectivity index (χ0n) is 14.5. The summed E-state index contributed by atoms with van der Waals surface area (Å²) in [5.41, 5.74) is 1.61. The molecule has 130 valence electrons. The fourth-order valence-corrected chi connectivity index (χ4v) is 2.70. The second-order valence-corrected chi connectivity index (χ2v) is 5.88. The summed E-state index contributed by atoms with van der Waals surface area (Å²) in [6.45, 7) is 6.55. The van der Waals surface area contributed by atoms with Gasteiger partial charge in [-0.3, -0.25) is 4.79 Å². The third-order valence-electron chi connectivity index (χ3n) is 3.99. The van der Waals surface area contributed by atoms with Crippen LogP contribution in [0.15, 0.2) is 28.8 Å². The molecule has 6 heteroatoms. The van der Waals surface area contributed by atoms with Crippen LogP contribution in [0.3, 0.4) is 0 Å². The van der Waals surface area contributed by atoms with Crippen LogP contribution in [0.2, 0.25) is 0 Å². The Labute approximate surface area is 141 Å². The molecule has 1 aromatic carbocycles. The molecule has 2 aromatic rings. The number of hydrogen-bond donors (Lipinski definition) is 0. The van der Waals surface area contributed by atoms with E-state index in [1.165, 1.54) is 12.1 Å². The molecule has 0 aliphatic carbocycles. The van der Waals surface area contributed by atoms with E-state index >= 15 is 0 Å². The average Bonchev–Trinajstić information content (AvgIpc) is 2.90. The summed E-state index contributed by atoms with van der Waals surface area (Å²) in [4.78, 5) is 14.2. The third kappa shape index (κ3) is 4.34. The lowest BCUT2D eigenvalue weighted by molar-refractivity contribution is -0.131. The largest absolute Gasteiger partial charge is 0.494 e. The minimum atomic E-state index is -0.292. The van der Waals surface area contributed by atoms with Crippen LogP contribution < -0.4 is 4.74 Å². The quantitative estimate of drug-likeness (QED) is 0.728. The van der Waals surface area contributed by atoms with E-state index in [0.717, 1.165) is 11.3 Å². The van der Waals surface area contributed by atoms with Gasteiger partial charge in [0.05, 0.1) is 18.2 Å². The molecule has 0 spiro atoms. The number of aryl methyl sites for hydroxylation is 2. The standard InChI is InChI=1S/C18H23FN2O3/c1-12(17-13(2)20-24-14(17)3)18(22)21(4)10-5-11-23-16-8-6-15(19)7-9-16/h6-9,12H,5,10-11H2,1-4H3/t12-/m0/s1. The second kappa shape index (κ2) is 7.95. The molecule has 0 aliphatic heterocycles. The topological polar surface area (TPSA) is 55.6 Å². The fourth-order valence-electron chi connectivity index (χ4n) is 2.70. The smallest absolute Gasteiger partial charge is 0.229 e. The Kier molecular flexibility index (Phi) is 5.95. The van der Waals surface area contributed by atoms with Gasteiger partial charge in [0.25, 0.3) is 0 Å². The van der Waals surface area contributed by atoms with Gasteiger partial charge in [-0.25, -0.2) is 4.39 Å². The first kappa shape index (κ1) is 18.0. The van der Waals surface area contributed by atoms with Gasteiger partial charge >= 0.3 is 0 Å². The van der Waals surface area contributed by atoms with Crippen LogP contribution in [0.5, 0.6) is 5.75 Å². The predicted octanol–water partition coefficient (Wildman–Crippen LogP) is 3.46. The van der Waals surface area contributed by atoms with E-state index in [1.807, 2.05) is 20.8 Å². The van der Waals surface area contributed by atoms with E-state index in [4.69, 9.17) is 9.26 Å². The van der Waals surface area contributed by atoms with Crippen LogP contribution in [-0.4, -0.2) is 36.2 Å². The van der Waals surface area contributed by atoms with E-state index < -0.39 is 0 Å². The Balaban J connectivity index is 1.80. The number of carbonyl (C=O) groups is 1. The molecule has 1 amide bonds. The van der Waals surface area contributed by atoms with E-state index in [1.54, 1.807) is 24.1 Å². The summed E-state index contributed by atoms with van der Waals surface area (Å²) in [5.74, 6) is 0.738. The molecule has 0 bridgehead atoms. The van der Waals surface area contributed by atoms with Crippen LogP contribution in [0.4, 0.5) is 4.39 Å². The molecule has 0 fully saturated rings. The van der Waals surface area contributed by atoms with Crippen molar-refractivity contribution in [2.24, 2.45) is 0 Å². The molecule has 0 saturated carbocycles. The number of benzene rings is 1. The van der Waals surface area contributed by atoms with Gasteiger partial charge in [-0.1, -0.05) is 5.16 Å². The Morgan fingerprint density at radius 1 is 1.33 bits per heavy atom. The van der Waals surface area contributed by atoms with Gasteiger partial charge in [-0.15, -0.1) is 0 Å². The van der Waals surface area contributed by atoms with Crippen molar-refractivity contribution in [3.8, 4) is 5.75 Å². The lowest BCUT2D eigenvalue weighted by Gasteiger charge is -2.21. The Bertz CT molecular complexity index is 663. The second-order valence-electron chi connectivity index (χ2n) is 5.88. The maximum absolute atomic E-state index is 12.8. The van der Waals surface area contributed by atoms with Crippen LogP contribution >= 0.6 is 0 Å². The average molecular weight is 334 g/mol. The van der Waals surface area contributed by atoms with Crippen molar-refractivity contribution >= 4 is 5.91 Å². The molecule has 0 radical (unpaired) electrons. The van der Waals surface area contributed by atoms with Crippen molar-refractivity contribution in [1.82, 2.24) is 10.1 Å². The molecule has 0 saturated heterocycles. The highest BCUT2D eigenvalue weighted by molar-refractivity contribution is 5.83. The molecular weight excluding hydrogens is 311 g/mol. The normalized spacial score (nSPS) is 12.0. The van der Waals surface area contributed by atoms with E-state index in [2.05, 4.69) is 5.16 Å². The molecule has 1 heterocycles. The number of nitrogens with zero attached hydrogens (tertiary/aromatic N) is 2. The minimum absolute atomic E-state index is 0.0196.